The molecule has 1 unspecified atom stereocenters. The lowest BCUT2D eigenvalue weighted by Gasteiger charge is -2.11. The van der Waals surface area contributed by atoms with Crippen molar-refractivity contribution in [3.05, 3.63) is 40.1 Å². The number of thiazole rings is 1. The molecule has 2 heterocycles. The first kappa shape index (κ1) is 13.5. The first-order valence-electron chi connectivity index (χ1n) is 6.07. The second kappa shape index (κ2) is 5.79. The number of rotatable bonds is 4. The van der Waals surface area contributed by atoms with E-state index in [4.69, 9.17) is 5.73 Å². The van der Waals surface area contributed by atoms with E-state index >= 15 is 0 Å². The number of hydrogen-bond donors (Lipinski definition) is 2. The maximum Gasteiger partial charge on any atom is 0.272 e. The number of nitrogens with one attached hydrogen (secondary N) is 1. The summed E-state index contributed by atoms with van der Waals surface area (Å²) in [5.41, 5.74) is 6.35. The number of amides is 1. The fourth-order valence-electron chi connectivity index (χ4n) is 1.62. The van der Waals surface area contributed by atoms with Crippen LogP contribution in [0.2, 0.25) is 0 Å². The first-order chi connectivity index (χ1) is 9.11. The Kier molecular flexibility index (Phi) is 4.11. The highest BCUT2D eigenvalue weighted by Crippen LogP contribution is 2.20. The van der Waals surface area contributed by atoms with Crippen LogP contribution in [0.25, 0.3) is 0 Å². The minimum atomic E-state index is -0.279. The van der Waals surface area contributed by atoms with E-state index < -0.39 is 0 Å². The summed E-state index contributed by atoms with van der Waals surface area (Å²) in [5.74, 6) is -0.279. The van der Waals surface area contributed by atoms with Crippen molar-refractivity contribution in [3.63, 3.8) is 0 Å². The fraction of sp³-hybridized carbons (Fsp3) is 0.308. The van der Waals surface area contributed by atoms with Gasteiger partial charge >= 0.3 is 0 Å². The standard InChI is InChI=1S/C13H16N4OS/c1-3-9-7-16-13(19-9)8(2)17-12(18)11-10(14)5-4-6-15-11/h4-8H,3,14H2,1-2H3,(H,17,18). The zero-order valence-electron chi connectivity index (χ0n) is 10.9. The smallest absolute Gasteiger partial charge is 0.272 e. The monoisotopic (exact) mass is 276 g/mol. The number of carbonyl (C=O) groups is 1. The molecule has 0 aliphatic rings. The molecule has 1 atom stereocenters. The number of nitrogen functional groups attached to an aromatic ring is 1. The summed E-state index contributed by atoms with van der Waals surface area (Å²) in [6.07, 6.45) is 4.35. The van der Waals surface area contributed by atoms with Gasteiger partial charge in [-0.1, -0.05) is 6.92 Å². The predicted molar refractivity (Wildman–Crippen MR) is 76.0 cm³/mol. The van der Waals surface area contributed by atoms with Crippen molar-refractivity contribution in [2.45, 2.75) is 26.3 Å². The molecule has 5 nitrogen and oxygen atoms in total. The van der Waals surface area contributed by atoms with Gasteiger partial charge in [-0.05, 0) is 25.5 Å². The van der Waals surface area contributed by atoms with Crippen LogP contribution in [0.4, 0.5) is 5.69 Å². The molecule has 2 aromatic rings. The van der Waals surface area contributed by atoms with Crippen molar-refractivity contribution in [3.8, 4) is 0 Å². The Morgan fingerprint density at radius 3 is 2.95 bits per heavy atom. The van der Waals surface area contributed by atoms with Crippen LogP contribution >= 0.6 is 11.3 Å². The number of aryl methyl sites for hydroxylation is 1. The highest BCUT2D eigenvalue weighted by molar-refractivity contribution is 7.11. The summed E-state index contributed by atoms with van der Waals surface area (Å²) in [4.78, 5) is 21.6. The van der Waals surface area contributed by atoms with Gasteiger partial charge < -0.3 is 11.1 Å². The van der Waals surface area contributed by atoms with Gasteiger partial charge in [0.25, 0.3) is 5.91 Å². The molecule has 6 heteroatoms. The Morgan fingerprint density at radius 2 is 2.32 bits per heavy atom. The number of nitrogens with zero attached hydrogens (tertiary/aromatic N) is 2. The molecule has 0 aliphatic carbocycles. The van der Waals surface area contributed by atoms with Crippen LogP contribution in [-0.2, 0) is 6.42 Å². The van der Waals surface area contributed by atoms with Gasteiger partial charge in [0.05, 0.1) is 11.7 Å². The van der Waals surface area contributed by atoms with Gasteiger partial charge in [-0.2, -0.15) is 0 Å². The molecule has 0 bridgehead atoms. The summed E-state index contributed by atoms with van der Waals surface area (Å²) in [6.45, 7) is 3.98. The van der Waals surface area contributed by atoms with Crippen LogP contribution in [-0.4, -0.2) is 15.9 Å². The van der Waals surface area contributed by atoms with E-state index in [1.165, 1.54) is 4.88 Å². The Labute approximate surface area is 115 Å². The zero-order valence-corrected chi connectivity index (χ0v) is 11.7. The van der Waals surface area contributed by atoms with Gasteiger partial charge in [0.2, 0.25) is 0 Å². The molecule has 0 aromatic carbocycles. The second-order valence-corrected chi connectivity index (χ2v) is 5.30. The van der Waals surface area contributed by atoms with Gasteiger partial charge in [-0.25, -0.2) is 9.97 Å². The summed E-state index contributed by atoms with van der Waals surface area (Å²) in [6, 6.07) is 3.20. The lowest BCUT2D eigenvalue weighted by atomic mass is 10.2. The van der Waals surface area contributed by atoms with Crippen LogP contribution in [0.15, 0.2) is 24.5 Å². The molecule has 0 saturated heterocycles. The molecule has 0 fully saturated rings. The molecule has 1 amide bonds. The number of nitrogens with two attached hydrogens (primary N) is 1. The van der Waals surface area contributed by atoms with Crippen molar-refractivity contribution in [2.24, 2.45) is 0 Å². The largest absolute Gasteiger partial charge is 0.397 e. The van der Waals surface area contributed by atoms with E-state index in [0.717, 1.165) is 11.4 Å². The Morgan fingerprint density at radius 1 is 1.53 bits per heavy atom. The molecule has 0 spiro atoms. The third-order valence-electron chi connectivity index (χ3n) is 2.69. The fourth-order valence-corrected chi connectivity index (χ4v) is 2.48. The summed E-state index contributed by atoms with van der Waals surface area (Å²) in [5, 5.41) is 3.75. The van der Waals surface area contributed by atoms with Crippen molar-refractivity contribution >= 4 is 22.9 Å². The normalized spacial score (nSPS) is 12.1. The molecule has 3 N–H and O–H groups in total. The van der Waals surface area contributed by atoms with E-state index in [1.807, 2.05) is 13.1 Å². The number of carbonyl (C=O) groups excluding carboxylic acids is 1. The van der Waals surface area contributed by atoms with E-state index in [0.29, 0.717) is 5.69 Å². The van der Waals surface area contributed by atoms with Gasteiger partial charge in [-0.15, -0.1) is 11.3 Å². The van der Waals surface area contributed by atoms with Crippen molar-refractivity contribution in [2.75, 3.05) is 5.73 Å². The minimum absolute atomic E-state index is 0.154. The number of pyridine rings is 1. The van der Waals surface area contributed by atoms with Crippen molar-refractivity contribution in [1.82, 2.24) is 15.3 Å². The lowest BCUT2D eigenvalue weighted by molar-refractivity contribution is 0.0936. The van der Waals surface area contributed by atoms with Crippen LogP contribution in [0, 0.1) is 0 Å². The van der Waals surface area contributed by atoms with Crippen molar-refractivity contribution < 1.29 is 4.79 Å². The van der Waals surface area contributed by atoms with E-state index in [2.05, 4.69) is 22.2 Å². The average Bonchev–Trinajstić information content (AvgIpc) is 2.88. The third-order valence-corrected chi connectivity index (χ3v) is 4.02. The van der Waals surface area contributed by atoms with Crippen LogP contribution in [0.1, 0.15) is 40.3 Å². The molecule has 100 valence electrons. The molecule has 0 saturated carbocycles. The van der Waals surface area contributed by atoms with E-state index in [1.54, 1.807) is 29.7 Å². The van der Waals surface area contributed by atoms with E-state index in [9.17, 15) is 4.79 Å². The molecule has 0 radical (unpaired) electrons. The van der Waals surface area contributed by atoms with Crippen LogP contribution in [0.3, 0.4) is 0 Å². The quantitative estimate of drug-likeness (QED) is 0.896. The van der Waals surface area contributed by atoms with Gasteiger partial charge in [0, 0.05) is 17.3 Å². The van der Waals surface area contributed by atoms with Gasteiger partial charge in [-0.3, -0.25) is 4.79 Å². The molecular formula is C13H16N4OS. The molecule has 2 rings (SSSR count). The Bertz CT molecular complexity index is 582. The van der Waals surface area contributed by atoms with Gasteiger partial charge in [0.1, 0.15) is 5.01 Å². The maximum atomic E-state index is 12.0. The Balaban J connectivity index is 2.08. The van der Waals surface area contributed by atoms with Crippen molar-refractivity contribution in [1.29, 1.82) is 0 Å². The second-order valence-electron chi connectivity index (χ2n) is 4.15. The summed E-state index contributed by atoms with van der Waals surface area (Å²) >= 11 is 1.60. The van der Waals surface area contributed by atoms with Gasteiger partial charge in [0.15, 0.2) is 5.69 Å². The minimum Gasteiger partial charge on any atom is -0.397 e. The molecule has 19 heavy (non-hydrogen) atoms. The average molecular weight is 276 g/mol. The van der Waals surface area contributed by atoms with Crippen LogP contribution < -0.4 is 11.1 Å². The Hall–Kier alpha value is -1.95. The maximum absolute atomic E-state index is 12.0. The summed E-state index contributed by atoms with van der Waals surface area (Å²) < 4.78 is 0. The SMILES string of the molecule is CCc1cnc(C(C)NC(=O)c2ncccc2N)s1. The molecule has 0 aliphatic heterocycles. The predicted octanol–water partition coefficient (Wildman–Crippen LogP) is 2.17. The number of aromatic nitrogens is 2. The third kappa shape index (κ3) is 3.08. The molecule has 2 aromatic heterocycles. The highest BCUT2D eigenvalue weighted by Gasteiger charge is 2.16. The highest BCUT2D eigenvalue weighted by atomic mass is 32.1. The molecular weight excluding hydrogens is 260 g/mol. The van der Waals surface area contributed by atoms with Crippen LogP contribution in [0.5, 0.6) is 0 Å². The lowest BCUT2D eigenvalue weighted by Crippen LogP contribution is -2.28. The number of anilines is 1. The van der Waals surface area contributed by atoms with E-state index in [-0.39, 0.29) is 17.6 Å². The number of hydrogen-bond acceptors (Lipinski definition) is 5. The zero-order chi connectivity index (χ0) is 13.8. The topological polar surface area (TPSA) is 80.9 Å². The summed E-state index contributed by atoms with van der Waals surface area (Å²) in [7, 11) is 0. The first-order valence-corrected chi connectivity index (χ1v) is 6.89.